The van der Waals surface area contributed by atoms with Crippen molar-refractivity contribution < 1.29 is 47.4 Å². The maximum atomic E-state index is 7.42. The van der Waals surface area contributed by atoms with Crippen LogP contribution < -0.4 is 23.7 Å². The van der Waals surface area contributed by atoms with E-state index < -0.39 is 30.0 Å². The SMILES string of the molecule is CCOc1ccc(Cc2cc([C@]3(C)O[C@H](COCc4ccc(OC)cc4)[C@@H](OCc4ccc(OC)cc4)[C@H](OCc4ccc(OC)cc4)[C@H]3OCc3ccc(OC)cc3)ccc2Cl)cc1. The summed E-state index contributed by atoms with van der Waals surface area (Å²) in [7, 11) is 6.61. The molecule has 65 heavy (non-hydrogen) atoms. The molecule has 0 aromatic heterocycles. The Labute approximate surface area is 388 Å². The molecule has 6 aromatic carbocycles. The van der Waals surface area contributed by atoms with E-state index in [1.54, 1.807) is 28.4 Å². The first-order valence-electron chi connectivity index (χ1n) is 21.8. The summed E-state index contributed by atoms with van der Waals surface area (Å²) in [6, 6.07) is 45.5. The predicted octanol–water partition coefficient (Wildman–Crippen LogP) is 11.0. The van der Waals surface area contributed by atoms with Gasteiger partial charge in [0.1, 0.15) is 58.8 Å². The lowest BCUT2D eigenvalue weighted by Gasteiger charge is -2.52. The highest BCUT2D eigenvalue weighted by atomic mass is 35.5. The highest BCUT2D eigenvalue weighted by Gasteiger charge is 2.55. The highest BCUT2D eigenvalue weighted by molar-refractivity contribution is 6.31. The summed E-state index contributed by atoms with van der Waals surface area (Å²) < 4.78 is 62.7. The van der Waals surface area contributed by atoms with Gasteiger partial charge in [-0.2, -0.15) is 0 Å². The first-order valence-corrected chi connectivity index (χ1v) is 22.2. The van der Waals surface area contributed by atoms with Crippen molar-refractivity contribution in [1.29, 1.82) is 0 Å². The molecule has 0 radical (unpaired) electrons. The van der Waals surface area contributed by atoms with Gasteiger partial charge >= 0.3 is 0 Å². The minimum absolute atomic E-state index is 0.190. The minimum Gasteiger partial charge on any atom is -0.497 e. The van der Waals surface area contributed by atoms with Gasteiger partial charge in [0.25, 0.3) is 0 Å². The van der Waals surface area contributed by atoms with Crippen molar-refractivity contribution in [2.75, 3.05) is 41.7 Å². The largest absolute Gasteiger partial charge is 0.497 e. The average molecular weight is 904 g/mol. The fourth-order valence-corrected chi connectivity index (χ4v) is 8.19. The lowest BCUT2D eigenvalue weighted by Crippen LogP contribution is -2.64. The van der Waals surface area contributed by atoms with Gasteiger partial charge in [0.05, 0.1) is 68.1 Å². The minimum atomic E-state index is -1.11. The normalized spacial score (nSPS) is 19.4. The summed E-state index contributed by atoms with van der Waals surface area (Å²) in [6.45, 7) is 5.95. The van der Waals surface area contributed by atoms with Crippen molar-refractivity contribution in [3.8, 4) is 28.7 Å². The first kappa shape index (κ1) is 47.4. The molecule has 1 fully saturated rings. The van der Waals surface area contributed by atoms with Crippen LogP contribution in [0.25, 0.3) is 0 Å². The van der Waals surface area contributed by atoms with Crippen LogP contribution in [0.4, 0.5) is 0 Å². The van der Waals surface area contributed by atoms with E-state index in [0.29, 0.717) is 24.7 Å². The molecule has 0 bridgehead atoms. The third-order valence-electron chi connectivity index (χ3n) is 11.7. The molecule has 0 aliphatic carbocycles. The fraction of sp³-hybridized carbons (Fsp3) is 0.333. The number of benzene rings is 6. The summed E-state index contributed by atoms with van der Waals surface area (Å²) >= 11 is 7.00. The molecule has 0 saturated carbocycles. The molecule has 0 unspecified atom stereocenters. The maximum absolute atomic E-state index is 7.42. The Morgan fingerprint density at radius 3 is 1.42 bits per heavy atom. The van der Waals surface area contributed by atoms with Crippen molar-refractivity contribution in [3.05, 3.63) is 183 Å². The van der Waals surface area contributed by atoms with Gasteiger partial charge in [-0.1, -0.05) is 84.4 Å². The van der Waals surface area contributed by atoms with E-state index in [1.807, 2.05) is 128 Å². The van der Waals surface area contributed by atoms with E-state index in [2.05, 4.69) is 25.1 Å². The molecule has 0 amide bonds. The number of rotatable bonds is 22. The second-order valence-corrected chi connectivity index (χ2v) is 16.4. The monoisotopic (exact) mass is 902 g/mol. The molecule has 6 aromatic rings. The van der Waals surface area contributed by atoms with Crippen molar-refractivity contribution >= 4 is 11.6 Å². The Kier molecular flexibility index (Phi) is 16.8. The number of ether oxygens (including phenoxy) is 10. The Balaban J connectivity index is 1.29. The Hall–Kier alpha value is -5.59. The van der Waals surface area contributed by atoms with Gasteiger partial charge in [0, 0.05) is 5.02 Å². The van der Waals surface area contributed by atoms with Gasteiger partial charge in [-0.25, -0.2) is 0 Å². The number of methoxy groups -OCH3 is 4. The Morgan fingerprint density at radius 2 is 0.938 bits per heavy atom. The summed E-state index contributed by atoms with van der Waals surface area (Å²) in [5, 5.41) is 0.644. The molecule has 342 valence electrons. The van der Waals surface area contributed by atoms with E-state index in [4.69, 9.17) is 59.0 Å². The predicted molar refractivity (Wildman–Crippen MR) is 251 cm³/mol. The Morgan fingerprint density at radius 1 is 0.508 bits per heavy atom. The zero-order valence-corrected chi connectivity index (χ0v) is 38.8. The van der Waals surface area contributed by atoms with Crippen LogP contribution in [0.5, 0.6) is 28.7 Å². The van der Waals surface area contributed by atoms with Gasteiger partial charge in [0.2, 0.25) is 0 Å². The zero-order chi connectivity index (χ0) is 45.6. The van der Waals surface area contributed by atoms with Gasteiger partial charge < -0.3 is 47.4 Å². The molecular formula is C54H59ClO10. The van der Waals surface area contributed by atoms with Crippen LogP contribution in [-0.2, 0) is 62.1 Å². The molecule has 7 rings (SSSR count). The topological polar surface area (TPSA) is 92.3 Å². The quantitative estimate of drug-likeness (QED) is 0.0656. The molecule has 11 heteroatoms. The average Bonchev–Trinajstić information content (AvgIpc) is 3.34. The third kappa shape index (κ3) is 12.4. The summed E-state index contributed by atoms with van der Waals surface area (Å²) in [4.78, 5) is 0. The molecule has 1 heterocycles. The van der Waals surface area contributed by atoms with Crippen molar-refractivity contribution in [1.82, 2.24) is 0 Å². The van der Waals surface area contributed by atoms with Gasteiger partial charge in [-0.15, -0.1) is 0 Å². The number of hydrogen-bond donors (Lipinski definition) is 0. The molecule has 1 aliphatic heterocycles. The van der Waals surface area contributed by atoms with Crippen molar-refractivity contribution in [2.45, 2.75) is 76.7 Å². The molecular weight excluding hydrogens is 844 g/mol. The van der Waals surface area contributed by atoms with Crippen LogP contribution in [0.15, 0.2) is 140 Å². The van der Waals surface area contributed by atoms with Crippen molar-refractivity contribution in [3.63, 3.8) is 0 Å². The fourth-order valence-electron chi connectivity index (χ4n) is 8.01. The number of hydrogen-bond acceptors (Lipinski definition) is 10. The van der Waals surface area contributed by atoms with Crippen molar-refractivity contribution in [2.24, 2.45) is 0 Å². The van der Waals surface area contributed by atoms with E-state index >= 15 is 0 Å². The van der Waals surface area contributed by atoms with E-state index in [0.717, 1.165) is 67.7 Å². The van der Waals surface area contributed by atoms with Gasteiger partial charge in [-0.3, -0.25) is 0 Å². The van der Waals surface area contributed by atoms with Crippen LogP contribution in [0.3, 0.4) is 0 Å². The third-order valence-corrected chi connectivity index (χ3v) is 12.0. The second-order valence-electron chi connectivity index (χ2n) is 16.0. The van der Waals surface area contributed by atoms with E-state index in [-0.39, 0.29) is 26.4 Å². The zero-order valence-electron chi connectivity index (χ0n) is 38.0. The standard InChI is InChI=1S/C54H59ClO10/c1-7-61-48-27-8-37(9-28-48)30-42-31-43(18-29-49(42)55)54(2)53(64-35-41-16-25-47(59-6)26-17-41)52(63-34-40-14-23-46(58-5)24-15-40)51(62-33-39-12-21-45(57-4)22-13-39)50(65-54)36-60-32-38-10-19-44(56-3)20-11-38/h8-29,31,50-53H,7,30,32-36H2,1-6H3/t50-,51-,52+,53-,54+/m1/s1. The summed E-state index contributed by atoms with van der Waals surface area (Å²) in [5.74, 6) is 3.86. The van der Waals surface area contributed by atoms with Crippen LogP contribution >= 0.6 is 11.6 Å². The molecule has 1 aliphatic rings. The highest BCUT2D eigenvalue weighted by Crippen LogP contribution is 2.44. The van der Waals surface area contributed by atoms with Crippen LogP contribution in [0.2, 0.25) is 5.02 Å². The lowest BCUT2D eigenvalue weighted by molar-refractivity contribution is -0.308. The van der Waals surface area contributed by atoms with Gasteiger partial charge in [0.15, 0.2) is 0 Å². The van der Waals surface area contributed by atoms with Crippen LogP contribution in [-0.4, -0.2) is 66.1 Å². The summed E-state index contributed by atoms with van der Waals surface area (Å²) in [5.41, 5.74) is 5.65. The smallest absolute Gasteiger partial charge is 0.120 e. The molecule has 0 N–H and O–H groups in total. The first-order chi connectivity index (χ1) is 31.7. The molecule has 10 nitrogen and oxygen atoms in total. The molecule has 1 saturated heterocycles. The molecule has 5 atom stereocenters. The van der Waals surface area contributed by atoms with Crippen LogP contribution in [0, 0.1) is 0 Å². The van der Waals surface area contributed by atoms with E-state index in [1.165, 1.54) is 0 Å². The molecule has 0 spiro atoms. The summed E-state index contributed by atoms with van der Waals surface area (Å²) in [6.07, 6.45) is -2.07. The Bertz CT molecular complexity index is 2360. The number of halogens is 1. The van der Waals surface area contributed by atoms with E-state index in [9.17, 15) is 0 Å². The second kappa shape index (κ2) is 23.0. The van der Waals surface area contributed by atoms with Crippen LogP contribution in [0.1, 0.15) is 52.8 Å². The lowest BCUT2D eigenvalue weighted by atomic mass is 9.80. The van der Waals surface area contributed by atoms with Gasteiger partial charge in [-0.05, 0) is 126 Å². The maximum Gasteiger partial charge on any atom is 0.120 e.